The molecule has 0 saturated carbocycles. The van der Waals surface area contributed by atoms with Crippen LogP contribution in [-0.2, 0) is 6.54 Å². The Morgan fingerprint density at radius 1 is 1.23 bits per heavy atom. The summed E-state index contributed by atoms with van der Waals surface area (Å²) in [6.45, 7) is 4.91. The quantitative estimate of drug-likeness (QED) is 0.636. The van der Waals surface area contributed by atoms with E-state index in [0.717, 1.165) is 67.3 Å². The van der Waals surface area contributed by atoms with Gasteiger partial charge in [0.2, 0.25) is 0 Å². The third-order valence-corrected chi connectivity index (χ3v) is 4.22. The van der Waals surface area contributed by atoms with E-state index in [2.05, 4.69) is 31.0 Å². The number of aliphatic hydroxyl groups is 1. The molecule has 1 unspecified atom stereocenters. The third-order valence-electron chi connectivity index (χ3n) is 4.22. The van der Waals surface area contributed by atoms with Gasteiger partial charge in [0.15, 0.2) is 5.82 Å². The van der Waals surface area contributed by atoms with Gasteiger partial charge in [-0.15, -0.1) is 0 Å². The predicted molar refractivity (Wildman–Crippen MR) is 84.0 cm³/mol. The second kappa shape index (κ2) is 5.77. The van der Waals surface area contributed by atoms with Gasteiger partial charge in [-0.25, -0.2) is 15.4 Å². The minimum Gasteiger partial charge on any atom is -0.373 e. The molecular weight excluding hydrogens is 280 g/mol. The van der Waals surface area contributed by atoms with E-state index in [1.807, 2.05) is 18.2 Å². The molecule has 1 atom stereocenters. The van der Waals surface area contributed by atoms with Gasteiger partial charge in [-0.3, -0.25) is 4.90 Å². The van der Waals surface area contributed by atoms with Crippen LogP contribution in [0.15, 0.2) is 18.2 Å². The molecule has 7 nitrogen and oxygen atoms in total. The van der Waals surface area contributed by atoms with E-state index in [1.54, 1.807) is 0 Å². The van der Waals surface area contributed by atoms with Gasteiger partial charge in [0.25, 0.3) is 0 Å². The fourth-order valence-electron chi connectivity index (χ4n) is 3.12. The van der Waals surface area contributed by atoms with Crippen molar-refractivity contribution < 1.29 is 5.11 Å². The lowest BCUT2D eigenvalue weighted by atomic mass is 10.1. The molecule has 0 bridgehead atoms. The Labute approximate surface area is 128 Å². The van der Waals surface area contributed by atoms with E-state index in [-0.39, 0.29) is 0 Å². The minimum absolute atomic E-state index is 0.734. The number of nitrogens with one attached hydrogen (secondary N) is 3. The van der Waals surface area contributed by atoms with Crippen molar-refractivity contribution in [2.24, 2.45) is 0 Å². The van der Waals surface area contributed by atoms with Crippen molar-refractivity contribution in [3.05, 3.63) is 29.6 Å². The summed E-state index contributed by atoms with van der Waals surface area (Å²) in [7, 11) is 0. The normalized spacial score (nSPS) is 22.3. The molecule has 4 rings (SSSR count). The van der Waals surface area contributed by atoms with Crippen LogP contribution in [0.5, 0.6) is 0 Å². The largest absolute Gasteiger partial charge is 0.373 e. The smallest absolute Gasteiger partial charge is 0.152 e. The van der Waals surface area contributed by atoms with Crippen molar-refractivity contribution in [2.45, 2.75) is 19.2 Å². The maximum atomic E-state index is 9.99. The summed E-state index contributed by atoms with van der Waals surface area (Å²) in [5.74, 6) is 1.56. The Balaban J connectivity index is 1.68. The minimum atomic E-state index is -0.734. The molecule has 3 heterocycles. The van der Waals surface area contributed by atoms with Gasteiger partial charge in [0.05, 0.1) is 17.4 Å². The number of benzene rings is 1. The second-order valence-electron chi connectivity index (χ2n) is 5.78. The van der Waals surface area contributed by atoms with Crippen molar-refractivity contribution >= 4 is 16.7 Å². The molecule has 0 amide bonds. The standard InChI is InChI=1S/C15H20N6O/c22-15-10-3-1-4-11-13(10)14(19-20-15)18-12(17-11)9-21-7-2-5-16-6-8-21/h1,3-4,15-16,20,22H,2,5-9H2,(H,17,18,19). The first-order valence-corrected chi connectivity index (χ1v) is 7.73. The fraction of sp³-hybridized carbons (Fsp3) is 0.467. The van der Waals surface area contributed by atoms with Gasteiger partial charge in [0.1, 0.15) is 12.1 Å². The van der Waals surface area contributed by atoms with Crippen LogP contribution in [0.4, 0.5) is 5.82 Å². The maximum Gasteiger partial charge on any atom is 0.152 e. The Kier molecular flexibility index (Phi) is 3.63. The lowest BCUT2D eigenvalue weighted by molar-refractivity contribution is 0.148. The zero-order valence-corrected chi connectivity index (χ0v) is 12.3. The van der Waals surface area contributed by atoms with Crippen molar-refractivity contribution in [2.75, 3.05) is 31.6 Å². The van der Waals surface area contributed by atoms with Gasteiger partial charge in [0, 0.05) is 18.7 Å². The summed E-state index contributed by atoms with van der Waals surface area (Å²) in [5.41, 5.74) is 7.51. The molecule has 1 saturated heterocycles. The monoisotopic (exact) mass is 300 g/mol. The summed E-state index contributed by atoms with van der Waals surface area (Å²) in [6, 6.07) is 5.79. The predicted octanol–water partition coefficient (Wildman–Crippen LogP) is 0.346. The molecule has 22 heavy (non-hydrogen) atoms. The van der Waals surface area contributed by atoms with Crippen LogP contribution < -0.4 is 16.2 Å². The Hall–Kier alpha value is -1.80. The van der Waals surface area contributed by atoms with E-state index in [0.29, 0.717) is 0 Å². The molecule has 1 aromatic carbocycles. The van der Waals surface area contributed by atoms with Gasteiger partial charge >= 0.3 is 0 Å². The molecule has 0 radical (unpaired) electrons. The number of rotatable bonds is 2. The summed E-state index contributed by atoms with van der Waals surface area (Å²) < 4.78 is 0. The molecule has 0 spiro atoms. The number of aromatic nitrogens is 2. The molecule has 1 fully saturated rings. The van der Waals surface area contributed by atoms with Crippen molar-refractivity contribution in [3.8, 4) is 0 Å². The van der Waals surface area contributed by atoms with Crippen LogP contribution in [0, 0.1) is 0 Å². The van der Waals surface area contributed by atoms with Crippen LogP contribution in [0.25, 0.3) is 10.9 Å². The molecule has 0 aliphatic carbocycles. The zero-order valence-electron chi connectivity index (χ0n) is 12.3. The van der Waals surface area contributed by atoms with E-state index in [4.69, 9.17) is 0 Å². The second-order valence-corrected chi connectivity index (χ2v) is 5.78. The summed E-state index contributed by atoms with van der Waals surface area (Å²) >= 11 is 0. The topological polar surface area (TPSA) is 85.3 Å². The van der Waals surface area contributed by atoms with Crippen molar-refractivity contribution in [1.29, 1.82) is 0 Å². The molecule has 4 N–H and O–H groups in total. The molecule has 2 aliphatic heterocycles. The van der Waals surface area contributed by atoms with Crippen LogP contribution in [-0.4, -0.2) is 46.2 Å². The molecular formula is C15H20N6O. The van der Waals surface area contributed by atoms with E-state index < -0.39 is 6.23 Å². The Morgan fingerprint density at radius 2 is 2.18 bits per heavy atom. The van der Waals surface area contributed by atoms with E-state index in [1.165, 1.54) is 0 Å². The lowest BCUT2D eigenvalue weighted by Gasteiger charge is -2.25. The van der Waals surface area contributed by atoms with Crippen molar-refractivity contribution in [3.63, 3.8) is 0 Å². The SMILES string of the molecule is OC1NNc2nc(CN3CCCNCC3)nc3cccc1c23. The number of hydrazine groups is 1. The Bertz CT molecular complexity index is 683. The van der Waals surface area contributed by atoms with Crippen LogP contribution >= 0.6 is 0 Å². The first-order chi connectivity index (χ1) is 10.8. The lowest BCUT2D eigenvalue weighted by Crippen LogP contribution is -2.32. The molecule has 2 aliphatic rings. The average Bonchev–Trinajstić information content (AvgIpc) is 2.79. The highest BCUT2D eigenvalue weighted by Gasteiger charge is 2.22. The molecule has 116 valence electrons. The number of aliphatic hydroxyl groups excluding tert-OH is 1. The van der Waals surface area contributed by atoms with E-state index >= 15 is 0 Å². The summed E-state index contributed by atoms with van der Waals surface area (Å²) in [5, 5.41) is 14.3. The highest BCUT2D eigenvalue weighted by molar-refractivity contribution is 5.93. The van der Waals surface area contributed by atoms with E-state index in [9.17, 15) is 5.11 Å². The highest BCUT2D eigenvalue weighted by atomic mass is 16.3. The number of nitrogens with zero attached hydrogens (tertiary/aromatic N) is 3. The third kappa shape index (κ3) is 2.52. The highest BCUT2D eigenvalue weighted by Crippen LogP contribution is 2.30. The first kappa shape index (κ1) is 13.8. The van der Waals surface area contributed by atoms with Crippen LogP contribution in [0.1, 0.15) is 24.0 Å². The number of anilines is 1. The first-order valence-electron chi connectivity index (χ1n) is 7.73. The molecule has 7 heteroatoms. The van der Waals surface area contributed by atoms with Gasteiger partial charge in [-0.05, 0) is 25.6 Å². The zero-order chi connectivity index (χ0) is 14.9. The number of hydrogen-bond donors (Lipinski definition) is 4. The van der Waals surface area contributed by atoms with Gasteiger partial charge < -0.3 is 15.8 Å². The van der Waals surface area contributed by atoms with Crippen LogP contribution in [0.2, 0.25) is 0 Å². The number of hydrogen-bond acceptors (Lipinski definition) is 7. The molecule has 2 aromatic rings. The maximum absolute atomic E-state index is 9.99. The Morgan fingerprint density at radius 3 is 3.14 bits per heavy atom. The van der Waals surface area contributed by atoms with Gasteiger partial charge in [-0.1, -0.05) is 12.1 Å². The molecule has 1 aromatic heterocycles. The van der Waals surface area contributed by atoms with Gasteiger partial charge in [-0.2, -0.15) is 0 Å². The van der Waals surface area contributed by atoms with Crippen molar-refractivity contribution in [1.82, 2.24) is 25.6 Å². The summed E-state index contributed by atoms with van der Waals surface area (Å²) in [4.78, 5) is 11.7. The average molecular weight is 300 g/mol. The summed E-state index contributed by atoms with van der Waals surface area (Å²) in [6.07, 6.45) is 0.415. The fourth-order valence-corrected chi connectivity index (χ4v) is 3.12. The van der Waals surface area contributed by atoms with Crippen LogP contribution in [0.3, 0.4) is 0 Å².